The molecule has 0 spiro atoms. The molecular formula is C17H21NO3S2. The summed E-state index contributed by atoms with van der Waals surface area (Å²) >= 11 is 3.23. The first-order valence-corrected chi connectivity index (χ1v) is 9.85. The highest BCUT2D eigenvalue weighted by molar-refractivity contribution is 8.00. The highest BCUT2D eigenvalue weighted by Gasteiger charge is 2.35. The standard InChI is InChI=1S/C17H21NO3S2/c19-16(11-23-14-4-1-2-5-14)18-12-17(20,13-7-9-22-10-13)15-6-3-8-21-15/h3,6-10,14,20H,1-2,4-5,11-12H2,(H,18,19)/t17-/m1/s1. The van der Waals surface area contributed by atoms with Gasteiger partial charge in [0.25, 0.3) is 0 Å². The zero-order valence-corrected chi connectivity index (χ0v) is 14.5. The van der Waals surface area contributed by atoms with Gasteiger partial charge in [0.05, 0.1) is 18.6 Å². The van der Waals surface area contributed by atoms with E-state index < -0.39 is 5.60 Å². The van der Waals surface area contributed by atoms with Gasteiger partial charge in [-0.1, -0.05) is 12.8 Å². The minimum absolute atomic E-state index is 0.0397. The van der Waals surface area contributed by atoms with E-state index in [1.165, 1.54) is 43.3 Å². The highest BCUT2D eigenvalue weighted by atomic mass is 32.2. The quantitative estimate of drug-likeness (QED) is 0.803. The van der Waals surface area contributed by atoms with Crippen LogP contribution in [-0.2, 0) is 10.4 Å². The fourth-order valence-electron chi connectivity index (χ4n) is 2.87. The molecule has 1 atom stereocenters. The van der Waals surface area contributed by atoms with Gasteiger partial charge in [-0.2, -0.15) is 11.3 Å². The molecule has 0 unspecified atom stereocenters. The van der Waals surface area contributed by atoms with E-state index in [0.717, 1.165) is 5.56 Å². The van der Waals surface area contributed by atoms with Crippen LogP contribution < -0.4 is 5.32 Å². The molecular weight excluding hydrogens is 330 g/mol. The molecule has 6 heteroatoms. The minimum Gasteiger partial charge on any atom is -0.466 e. The number of thiophene rings is 1. The largest absolute Gasteiger partial charge is 0.466 e. The molecule has 2 aromatic rings. The van der Waals surface area contributed by atoms with Crippen LogP contribution in [0.4, 0.5) is 0 Å². The number of hydrogen-bond acceptors (Lipinski definition) is 5. The van der Waals surface area contributed by atoms with Crippen LogP contribution in [0.3, 0.4) is 0 Å². The summed E-state index contributed by atoms with van der Waals surface area (Å²) in [6.45, 7) is 0.112. The molecule has 0 bridgehead atoms. The van der Waals surface area contributed by atoms with Gasteiger partial charge in [-0.25, -0.2) is 0 Å². The number of amides is 1. The third-order valence-electron chi connectivity index (χ3n) is 4.22. The topological polar surface area (TPSA) is 62.5 Å². The summed E-state index contributed by atoms with van der Waals surface area (Å²) in [4.78, 5) is 12.1. The summed E-state index contributed by atoms with van der Waals surface area (Å²) in [5.41, 5.74) is -0.585. The van der Waals surface area contributed by atoms with Gasteiger partial charge in [0.1, 0.15) is 5.76 Å². The molecule has 2 N–H and O–H groups in total. The predicted octanol–water partition coefficient (Wildman–Crippen LogP) is 3.37. The maximum absolute atomic E-state index is 12.1. The summed E-state index contributed by atoms with van der Waals surface area (Å²) in [6.07, 6.45) is 6.50. The predicted molar refractivity (Wildman–Crippen MR) is 93.7 cm³/mol. The third kappa shape index (κ3) is 4.00. The molecule has 1 aliphatic rings. The Hall–Kier alpha value is -1.24. The van der Waals surface area contributed by atoms with Gasteiger partial charge in [-0.05, 0) is 41.8 Å². The van der Waals surface area contributed by atoms with Crippen LogP contribution in [0.15, 0.2) is 39.6 Å². The van der Waals surface area contributed by atoms with Crippen molar-refractivity contribution in [3.63, 3.8) is 0 Å². The molecule has 124 valence electrons. The van der Waals surface area contributed by atoms with Crippen LogP contribution in [0.25, 0.3) is 0 Å². The van der Waals surface area contributed by atoms with Crippen molar-refractivity contribution in [2.24, 2.45) is 0 Å². The second kappa shape index (κ2) is 7.55. The van der Waals surface area contributed by atoms with Gasteiger partial charge >= 0.3 is 0 Å². The first-order chi connectivity index (χ1) is 11.2. The maximum Gasteiger partial charge on any atom is 0.230 e. The van der Waals surface area contributed by atoms with Crippen molar-refractivity contribution >= 4 is 29.0 Å². The molecule has 3 rings (SSSR count). The number of furan rings is 1. The Labute approximate surface area is 144 Å². The van der Waals surface area contributed by atoms with Crippen molar-refractivity contribution in [3.8, 4) is 0 Å². The number of hydrogen-bond donors (Lipinski definition) is 2. The van der Waals surface area contributed by atoms with E-state index in [-0.39, 0.29) is 12.5 Å². The van der Waals surface area contributed by atoms with Gasteiger partial charge in [0.2, 0.25) is 5.91 Å². The van der Waals surface area contributed by atoms with E-state index in [9.17, 15) is 9.90 Å². The number of nitrogens with one attached hydrogen (secondary N) is 1. The number of aliphatic hydroxyl groups is 1. The fraction of sp³-hybridized carbons (Fsp3) is 0.471. The number of carbonyl (C=O) groups excluding carboxylic acids is 1. The van der Waals surface area contributed by atoms with Gasteiger partial charge in [0, 0.05) is 10.8 Å². The van der Waals surface area contributed by atoms with Crippen molar-refractivity contribution in [3.05, 3.63) is 46.5 Å². The summed E-state index contributed by atoms with van der Waals surface area (Å²) in [5, 5.41) is 18.3. The average Bonchev–Trinajstić information content (AvgIpc) is 3.33. The lowest BCUT2D eigenvalue weighted by molar-refractivity contribution is -0.119. The molecule has 2 heterocycles. The number of rotatable bonds is 7. The summed E-state index contributed by atoms with van der Waals surface area (Å²) in [5.74, 6) is 0.851. The second-order valence-corrected chi connectivity index (χ2v) is 7.91. The fourth-order valence-corrected chi connectivity index (χ4v) is 4.75. The Bertz CT molecular complexity index is 570. The van der Waals surface area contributed by atoms with Crippen LogP contribution >= 0.6 is 23.1 Å². The molecule has 1 fully saturated rings. The number of thioether (sulfide) groups is 1. The average molecular weight is 351 g/mol. The van der Waals surface area contributed by atoms with Crippen LogP contribution in [0.2, 0.25) is 0 Å². The van der Waals surface area contributed by atoms with Gasteiger partial charge < -0.3 is 14.8 Å². The van der Waals surface area contributed by atoms with E-state index in [1.54, 1.807) is 23.9 Å². The summed E-state index contributed by atoms with van der Waals surface area (Å²) < 4.78 is 5.39. The Morgan fingerprint density at radius 1 is 1.43 bits per heavy atom. The van der Waals surface area contributed by atoms with E-state index >= 15 is 0 Å². The van der Waals surface area contributed by atoms with Crippen molar-refractivity contribution in [2.45, 2.75) is 36.5 Å². The van der Waals surface area contributed by atoms with Crippen LogP contribution in [0.1, 0.15) is 37.0 Å². The van der Waals surface area contributed by atoms with Gasteiger partial charge in [0.15, 0.2) is 5.60 Å². The molecule has 0 radical (unpaired) electrons. The molecule has 1 amide bonds. The Morgan fingerprint density at radius 3 is 2.91 bits per heavy atom. The van der Waals surface area contributed by atoms with E-state index in [1.807, 2.05) is 16.8 Å². The van der Waals surface area contributed by atoms with E-state index in [4.69, 9.17) is 4.42 Å². The smallest absolute Gasteiger partial charge is 0.230 e. The van der Waals surface area contributed by atoms with Crippen LogP contribution in [0, 0.1) is 0 Å². The first-order valence-electron chi connectivity index (χ1n) is 7.86. The lowest BCUT2D eigenvalue weighted by Crippen LogP contribution is -2.42. The Balaban J connectivity index is 1.60. The van der Waals surface area contributed by atoms with Crippen molar-refractivity contribution < 1.29 is 14.3 Å². The zero-order chi connectivity index (χ0) is 16.1. The lowest BCUT2D eigenvalue weighted by Gasteiger charge is -2.25. The zero-order valence-electron chi connectivity index (χ0n) is 12.9. The molecule has 0 aliphatic heterocycles. The van der Waals surface area contributed by atoms with E-state index in [2.05, 4.69) is 5.32 Å². The summed E-state index contributed by atoms with van der Waals surface area (Å²) in [7, 11) is 0. The Kier molecular flexibility index (Phi) is 5.46. The molecule has 0 saturated heterocycles. The highest BCUT2D eigenvalue weighted by Crippen LogP contribution is 2.31. The molecule has 0 aromatic carbocycles. The second-order valence-electron chi connectivity index (χ2n) is 5.84. The number of carbonyl (C=O) groups is 1. The van der Waals surface area contributed by atoms with Crippen molar-refractivity contribution in [1.82, 2.24) is 5.32 Å². The lowest BCUT2D eigenvalue weighted by atomic mass is 9.93. The molecule has 2 aromatic heterocycles. The maximum atomic E-state index is 12.1. The monoisotopic (exact) mass is 351 g/mol. The van der Waals surface area contributed by atoms with Crippen molar-refractivity contribution in [1.29, 1.82) is 0 Å². The van der Waals surface area contributed by atoms with Gasteiger partial charge in [-0.15, -0.1) is 11.8 Å². The first kappa shape index (κ1) is 16.6. The molecule has 1 saturated carbocycles. The van der Waals surface area contributed by atoms with Crippen LogP contribution in [-0.4, -0.2) is 28.6 Å². The molecule has 23 heavy (non-hydrogen) atoms. The van der Waals surface area contributed by atoms with Crippen LogP contribution in [0.5, 0.6) is 0 Å². The summed E-state index contributed by atoms with van der Waals surface area (Å²) in [6, 6.07) is 5.33. The SMILES string of the molecule is O=C(CSC1CCCC1)NC[C@@](O)(c1ccsc1)c1ccco1. The molecule has 1 aliphatic carbocycles. The van der Waals surface area contributed by atoms with Crippen molar-refractivity contribution in [2.75, 3.05) is 12.3 Å². The van der Waals surface area contributed by atoms with Gasteiger partial charge in [-0.3, -0.25) is 4.79 Å². The minimum atomic E-state index is -1.32. The molecule has 4 nitrogen and oxygen atoms in total. The Morgan fingerprint density at radius 2 is 2.26 bits per heavy atom. The normalized spacial score (nSPS) is 18.0. The van der Waals surface area contributed by atoms with E-state index in [0.29, 0.717) is 16.8 Å². The third-order valence-corrected chi connectivity index (χ3v) is 6.28.